The average Bonchev–Trinajstić information content (AvgIpc) is 2.79. The molecule has 0 spiro atoms. The van der Waals surface area contributed by atoms with Gasteiger partial charge in [0.05, 0.1) is 4.88 Å². The summed E-state index contributed by atoms with van der Waals surface area (Å²) in [5.41, 5.74) is 2.86. The Labute approximate surface area is 115 Å². The Balaban J connectivity index is 1.78. The van der Waals surface area contributed by atoms with Gasteiger partial charge in [-0.15, -0.1) is 11.3 Å². The third kappa shape index (κ3) is 3.44. The molecule has 1 aromatic heterocycles. The number of thiophene rings is 1. The zero-order chi connectivity index (χ0) is 12.8. The van der Waals surface area contributed by atoms with Crippen LogP contribution in [0.4, 0.5) is 0 Å². The van der Waals surface area contributed by atoms with Gasteiger partial charge in [-0.2, -0.15) is 0 Å². The maximum Gasteiger partial charge on any atom is 0.173 e. The molecule has 1 aliphatic carbocycles. The van der Waals surface area contributed by atoms with Crippen molar-refractivity contribution in [1.82, 2.24) is 0 Å². The fraction of sp³-hybridized carbons (Fsp3) is 0.688. The Morgan fingerprint density at radius 3 is 2.72 bits per heavy atom. The second-order valence-electron chi connectivity index (χ2n) is 5.36. The molecule has 18 heavy (non-hydrogen) atoms. The third-order valence-corrected chi connectivity index (χ3v) is 4.98. The van der Waals surface area contributed by atoms with Crippen LogP contribution in [-0.2, 0) is 12.8 Å². The number of ketones is 1. The molecule has 0 atom stereocenters. The summed E-state index contributed by atoms with van der Waals surface area (Å²) in [5.74, 6) is 0.385. The lowest BCUT2D eigenvalue weighted by molar-refractivity contribution is 0.0976. The van der Waals surface area contributed by atoms with Gasteiger partial charge in [0.1, 0.15) is 0 Å². The quantitative estimate of drug-likeness (QED) is 0.621. The zero-order valence-corrected chi connectivity index (χ0v) is 12.3. The van der Waals surface area contributed by atoms with E-state index in [9.17, 15) is 4.79 Å². The lowest BCUT2D eigenvalue weighted by Gasteiger charge is -2.11. The fourth-order valence-corrected chi connectivity index (χ4v) is 3.90. The number of unbranched alkanes of at least 4 members (excludes halogenated alkanes) is 5. The first-order valence-corrected chi connectivity index (χ1v) is 8.33. The summed E-state index contributed by atoms with van der Waals surface area (Å²) < 4.78 is 0. The molecule has 2 heteroatoms. The van der Waals surface area contributed by atoms with Crippen molar-refractivity contribution in [3.63, 3.8) is 0 Å². The molecule has 1 aliphatic rings. The summed E-state index contributed by atoms with van der Waals surface area (Å²) >= 11 is 1.68. The molecule has 0 amide bonds. The van der Waals surface area contributed by atoms with E-state index in [-0.39, 0.29) is 0 Å². The van der Waals surface area contributed by atoms with Crippen LogP contribution in [0.15, 0.2) is 5.38 Å². The van der Waals surface area contributed by atoms with E-state index in [1.54, 1.807) is 11.3 Å². The van der Waals surface area contributed by atoms with E-state index in [2.05, 4.69) is 12.3 Å². The van der Waals surface area contributed by atoms with Crippen LogP contribution in [0.5, 0.6) is 0 Å². The zero-order valence-electron chi connectivity index (χ0n) is 11.5. The molecule has 0 unspecified atom stereocenters. The summed E-state index contributed by atoms with van der Waals surface area (Å²) in [6.07, 6.45) is 12.2. The van der Waals surface area contributed by atoms with Crippen LogP contribution < -0.4 is 0 Å². The molecule has 0 saturated heterocycles. The van der Waals surface area contributed by atoms with Crippen molar-refractivity contribution in [2.75, 3.05) is 0 Å². The Bertz CT molecular complexity index is 392. The highest BCUT2D eigenvalue weighted by Gasteiger charge is 2.21. The van der Waals surface area contributed by atoms with Crippen molar-refractivity contribution in [3.8, 4) is 0 Å². The fourth-order valence-electron chi connectivity index (χ4n) is 2.77. The minimum Gasteiger partial charge on any atom is -0.293 e. The molecule has 0 N–H and O–H groups in total. The highest BCUT2D eigenvalue weighted by molar-refractivity contribution is 7.12. The summed E-state index contributed by atoms with van der Waals surface area (Å²) in [5, 5.41) is 2.24. The van der Waals surface area contributed by atoms with Gasteiger partial charge < -0.3 is 0 Å². The lowest BCUT2D eigenvalue weighted by Crippen LogP contribution is -2.08. The van der Waals surface area contributed by atoms with E-state index >= 15 is 0 Å². The maximum absolute atomic E-state index is 11.8. The van der Waals surface area contributed by atoms with Crippen LogP contribution in [0.1, 0.15) is 79.1 Å². The van der Waals surface area contributed by atoms with Gasteiger partial charge in [-0.3, -0.25) is 4.79 Å². The Morgan fingerprint density at radius 1 is 1.11 bits per heavy atom. The second kappa shape index (κ2) is 7.08. The third-order valence-electron chi connectivity index (χ3n) is 3.86. The monoisotopic (exact) mass is 264 g/mol. The highest BCUT2D eigenvalue weighted by atomic mass is 32.1. The van der Waals surface area contributed by atoms with Gasteiger partial charge in [-0.25, -0.2) is 0 Å². The van der Waals surface area contributed by atoms with Crippen LogP contribution in [0.25, 0.3) is 0 Å². The molecular weight excluding hydrogens is 240 g/mol. The number of rotatable bonds is 7. The number of carbonyl (C=O) groups is 1. The first kappa shape index (κ1) is 13.8. The molecule has 100 valence electrons. The van der Waals surface area contributed by atoms with Gasteiger partial charge in [-0.05, 0) is 42.2 Å². The van der Waals surface area contributed by atoms with Gasteiger partial charge in [0.2, 0.25) is 0 Å². The van der Waals surface area contributed by atoms with E-state index in [4.69, 9.17) is 0 Å². The van der Waals surface area contributed by atoms with Crippen molar-refractivity contribution in [2.24, 2.45) is 0 Å². The second-order valence-corrected chi connectivity index (χ2v) is 6.24. The molecule has 0 aliphatic heterocycles. The van der Waals surface area contributed by atoms with E-state index in [0.29, 0.717) is 5.78 Å². The van der Waals surface area contributed by atoms with Gasteiger partial charge in [0, 0.05) is 6.42 Å². The first-order valence-electron chi connectivity index (χ1n) is 7.45. The van der Waals surface area contributed by atoms with Crippen molar-refractivity contribution in [3.05, 3.63) is 21.4 Å². The molecule has 1 nitrogen and oxygen atoms in total. The first-order chi connectivity index (χ1) is 8.83. The molecule has 0 bridgehead atoms. The van der Waals surface area contributed by atoms with Gasteiger partial charge in [0.15, 0.2) is 5.78 Å². The van der Waals surface area contributed by atoms with Crippen LogP contribution >= 0.6 is 11.3 Å². The number of hydrogen-bond acceptors (Lipinski definition) is 2. The predicted octanol–water partition coefficient (Wildman–Crippen LogP) is 5.17. The molecular formula is C16H24OS. The topological polar surface area (TPSA) is 17.1 Å². The Hall–Kier alpha value is -0.630. The maximum atomic E-state index is 11.8. The van der Waals surface area contributed by atoms with Gasteiger partial charge in [0.25, 0.3) is 0 Å². The summed E-state index contributed by atoms with van der Waals surface area (Å²) in [4.78, 5) is 12.8. The van der Waals surface area contributed by atoms with E-state index in [1.807, 2.05) is 0 Å². The van der Waals surface area contributed by atoms with Crippen molar-refractivity contribution in [2.45, 2.75) is 71.1 Å². The van der Waals surface area contributed by atoms with Gasteiger partial charge >= 0.3 is 0 Å². The number of carbonyl (C=O) groups excluding carboxylic acids is 1. The van der Waals surface area contributed by atoms with Crippen molar-refractivity contribution >= 4 is 17.1 Å². The SMILES string of the molecule is CCCCCCCCc1csc2c1CCCC2=O. The number of fused-ring (bicyclic) bond motifs is 1. The molecule has 0 radical (unpaired) electrons. The Kier molecular flexibility index (Phi) is 5.43. The minimum atomic E-state index is 0.385. The molecule has 0 aromatic carbocycles. The number of aryl methyl sites for hydroxylation is 1. The largest absolute Gasteiger partial charge is 0.293 e. The van der Waals surface area contributed by atoms with Crippen molar-refractivity contribution in [1.29, 1.82) is 0 Å². The van der Waals surface area contributed by atoms with E-state index in [0.717, 1.165) is 24.1 Å². The van der Waals surface area contributed by atoms with Crippen LogP contribution in [0.3, 0.4) is 0 Å². The molecule has 0 fully saturated rings. The van der Waals surface area contributed by atoms with Crippen molar-refractivity contribution < 1.29 is 4.79 Å². The van der Waals surface area contributed by atoms with E-state index in [1.165, 1.54) is 56.1 Å². The molecule has 1 heterocycles. The molecule has 1 aromatic rings. The minimum absolute atomic E-state index is 0.385. The normalized spacial score (nSPS) is 14.8. The standard InChI is InChI=1S/C16H24OS/c1-2-3-4-5-6-7-9-13-12-18-16-14(13)10-8-11-15(16)17/h12H,2-11H2,1H3. The van der Waals surface area contributed by atoms with Gasteiger partial charge in [-0.1, -0.05) is 39.0 Å². The number of Topliss-reactive ketones (excluding diaryl/α,β-unsaturated/α-hetero) is 1. The molecule has 2 rings (SSSR count). The average molecular weight is 264 g/mol. The number of hydrogen-bond donors (Lipinski definition) is 0. The summed E-state index contributed by atoms with van der Waals surface area (Å²) in [6.45, 7) is 2.26. The Morgan fingerprint density at radius 2 is 1.89 bits per heavy atom. The smallest absolute Gasteiger partial charge is 0.173 e. The van der Waals surface area contributed by atoms with Crippen LogP contribution in [0, 0.1) is 0 Å². The summed E-state index contributed by atoms with van der Waals surface area (Å²) in [7, 11) is 0. The lowest BCUT2D eigenvalue weighted by atomic mass is 9.93. The van der Waals surface area contributed by atoms with Crippen LogP contribution in [0.2, 0.25) is 0 Å². The predicted molar refractivity (Wildman–Crippen MR) is 78.7 cm³/mol. The highest BCUT2D eigenvalue weighted by Crippen LogP contribution is 2.31. The van der Waals surface area contributed by atoms with Crippen LogP contribution in [-0.4, -0.2) is 5.78 Å². The summed E-state index contributed by atoms with van der Waals surface area (Å²) in [6, 6.07) is 0. The van der Waals surface area contributed by atoms with E-state index < -0.39 is 0 Å². The molecule has 0 saturated carbocycles.